The van der Waals surface area contributed by atoms with Crippen LogP contribution in [0.15, 0.2) is 36.4 Å². The van der Waals surface area contributed by atoms with Gasteiger partial charge < -0.3 is 10.0 Å². The fourth-order valence-corrected chi connectivity index (χ4v) is 2.98. The molecule has 2 nitrogen and oxygen atoms in total. The van der Waals surface area contributed by atoms with E-state index >= 15 is 0 Å². The van der Waals surface area contributed by atoms with E-state index < -0.39 is 6.10 Å². The number of fused-ring (bicyclic) bond motifs is 1. The molecular formula is C20H28FNO. The number of hydrogen-bond acceptors (Lipinski definition) is 2. The summed E-state index contributed by atoms with van der Waals surface area (Å²) < 4.78 is 13.9. The van der Waals surface area contributed by atoms with Gasteiger partial charge >= 0.3 is 0 Å². The smallest absolute Gasteiger partial charge is 0.131 e. The molecule has 0 fully saturated rings. The van der Waals surface area contributed by atoms with E-state index in [1.807, 2.05) is 18.2 Å². The molecule has 0 bridgehead atoms. The minimum Gasteiger partial charge on any atom is -0.387 e. The van der Waals surface area contributed by atoms with Gasteiger partial charge in [-0.3, -0.25) is 0 Å². The average Bonchev–Trinajstić information content (AvgIpc) is 2.57. The summed E-state index contributed by atoms with van der Waals surface area (Å²) in [5.74, 6) is -0.231. The summed E-state index contributed by atoms with van der Waals surface area (Å²) in [4.78, 5) is 2.33. The largest absolute Gasteiger partial charge is 0.387 e. The predicted molar refractivity (Wildman–Crippen MR) is 95.1 cm³/mol. The Bertz CT molecular complexity index is 606. The SMILES string of the molecule is CCCCN(CCCC)CC(O)c1ccc(F)c2ccccc12. The molecule has 0 aromatic heterocycles. The Balaban J connectivity index is 2.18. The van der Waals surface area contributed by atoms with Crippen molar-refractivity contribution in [2.45, 2.75) is 45.6 Å². The van der Waals surface area contributed by atoms with Crippen LogP contribution >= 0.6 is 0 Å². The molecule has 0 saturated carbocycles. The molecular weight excluding hydrogens is 289 g/mol. The minimum atomic E-state index is -0.589. The van der Waals surface area contributed by atoms with E-state index in [4.69, 9.17) is 0 Å². The van der Waals surface area contributed by atoms with Crippen LogP contribution in [0.1, 0.15) is 51.2 Å². The normalized spacial score (nSPS) is 12.9. The van der Waals surface area contributed by atoms with Gasteiger partial charge in [-0.05, 0) is 42.9 Å². The highest BCUT2D eigenvalue weighted by Crippen LogP contribution is 2.27. The maximum atomic E-state index is 13.9. The maximum absolute atomic E-state index is 13.9. The van der Waals surface area contributed by atoms with Crippen molar-refractivity contribution in [1.29, 1.82) is 0 Å². The molecule has 23 heavy (non-hydrogen) atoms. The van der Waals surface area contributed by atoms with Gasteiger partial charge in [0.2, 0.25) is 0 Å². The second kappa shape index (κ2) is 8.99. The number of halogens is 1. The van der Waals surface area contributed by atoms with Crippen molar-refractivity contribution in [2.24, 2.45) is 0 Å². The van der Waals surface area contributed by atoms with Crippen LogP contribution in [-0.4, -0.2) is 29.6 Å². The Hall–Kier alpha value is -1.45. The van der Waals surface area contributed by atoms with Crippen molar-refractivity contribution >= 4 is 10.8 Å². The molecule has 0 heterocycles. The number of rotatable bonds is 9. The van der Waals surface area contributed by atoms with E-state index in [0.29, 0.717) is 11.9 Å². The first-order chi connectivity index (χ1) is 11.2. The Kier molecular flexibility index (Phi) is 7.00. The molecule has 0 aliphatic rings. The van der Waals surface area contributed by atoms with E-state index in [2.05, 4.69) is 18.7 Å². The highest BCUT2D eigenvalue weighted by Gasteiger charge is 2.16. The molecule has 0 saturated heterocycles. The van der Waals surface area contributed by atoms with Gasteiger partial charge in [-0.25, -0.2) is 4.39 Å². The Morgan fingerprint density at radius 2 is 1.57 bits per heavy atom. The van der Waals surface area contributed by atoms with Crippen molar-refractivity contribution in [3.05, 3.63) is 47.8 Å². The summed E-state index contributed by atoms with van der Waals surface area (Å²) in [6.07, 6.45) is 3.99. The number of nitrogens with zero attached hydrogens (tertiary/aromatic N) is 1. The van der Waals surface area contributed by atoms with Crippen molar-refractivity contribution in [3.63, 3.8) is 0 Å². The Morgan fingerprint density at radius 3 is 2.17 bits per heavy atom. The summed E-state index contributed by atoms with van der Waals surface area (Å²) in [6.45, 7) is 6.98. The van der Waals surface area contributed by atoms with Gasteiger partial charge in [-0.15, -0.1) is 0 Å². The first kappa shape index (κ1) is 17.9. The van der Waals surface area contributed by atoms with Gasteiger partial charge in [0.1, 0.15) is 5.82 Å². The topological polar surface area (TPSA) is 23.5 Å². The third-order valence-corrected chi connectivity index (χ3v) is 4.35. The molecule has 3 heteroatoms. The van der Waals surface area contributed by atoms with Gasteiger partial charge in [0.25, 0.3) is 0 Å². The number of unbranched alkanes of at least 4 members (excludes halogenated alkanes) is 2. The van der Waals surface area contributed by atoms with Crippen LogP contribution in [0.2, 0.25) is 0 Å². The standard InChI is InChI=1S/C20H28FNO/c1-3-5-13-22(14-6-4-2)15-20(23)18-11-12-19(21)17-10-8-7-9-16(17)18/h7-12,20,23H,3-6,13-15H2,1-2H3. The third kappa shape index (κ3) is 4.76. The summed E-state index contributed by atoms with van der Waals surface area (Å²) in [7, 11) is 0. The van der Waals surface area contributed by atoms with Gasteiger partial charge in [-0.1, -0.05) is 57.0 Å². The van der Waals surface area contributed by atoms with Crippen LogP contribution in [0.5, 0.6) is 0 Å². The van der Waals surface area contributed by atoms with Crippen LogP contribution in [0, 0.1) is 5.82 Å². The lowest BCUT2D eigenvalue weighted by Crippen LogP contribution is -2.30. The van der Waals surface area contributed by atoms with Crippen molar-refractivity contribution in [3.8, 4) is 0 Å². The van der Waals surface area contributed by atoms with E-state index in [1.165, 1.54) is 6.07 Å². The van der Waals surface area contributed by atoms with E-state index in [1.54, 1.807) is 12.1 Å². The highest BCUT2D eigenvalue weighted by molar-refractivity contribution is 5.86. The maximum Gasteiger partial charge on any atom is 0.131 e. The first-order valence-corrected chi connectivity index (χ1v) is 8.75. The van der Waals surface area contributed by atoms with Crippen LogP contribution in [0.25, 0.3) is 10.8 Å². The lowest BCUT2D eigenvalue weighted by molar-refractivity contribution is 0.112. The molecule has 0 amide bonds. The Morgan fingerprint density at radius 1 is 0.957 bits per heavy atom. The fraction of sp³-hybridized carbons (Fsp3) is 0.500. The summed E-state index contributed by atoms with van der Waals surface area (Å²) in [6, 6.07) is 10.6. The van der Waals surface area contributed by atoms with Gasteiger partial charge in [0.05, 0.1) is 6.10 Å². The zero-order valence-corrected chi connectivity index (χ0v) is 14.3. The predicted octanol–water partition coefficient (Wildman–Crippen LogP) is 4.91. The van der Waals surface area contributed by atoms with E-state index in [9.17, 15) is 9.50 Å². The molecule has 0 spiro atoms. The second-order valence-electron chi connectivity index (χ2n) is 6.21. The van der Waals surface area contributed by atoms with Gasteiger partial charge in [0, 0.05) is 11.9 Å². The van der Waals surface area contributed by atoms with E-state index in [-0.39, 0.29) is 5.82 Å². The molecule has 0 radical (unpaired) electrons. The van der Waals surface area contributed by atoms with Crippen molar-refractivity contribution < 1.29 is 9.50 Å². The number of hydrogen-bond donors (Lipinski definition) is 1. The van der Waals surface area contributed by atoms with Crippen LogP contribution in [-0.2, 0) is 0 Å². The van der Waals surface area contributed by atoms with Crippen LogP contribution in [0.3, 0.4) is 0 Å². The molecule has 126 valence electrons. The first-order valence-electron chi connectivity index (χ1n) is 8.75. The lowest BCUT2D eigenvalue weighted by atomic mass is 9.99. The Labute approximate surface area is 138 Å². The van der Waals surface area contributed by atoms with Gasteiger partial charge in [0.15, 0.2) is 0 Å². The number of benzene rings is 2. The summed E-state index contributed by atoms with van der Waals surface area (Å²) in [5.41, 5.74) is 0.819. The van der Waals surface area contributed by atoms with Gasteiger partial charge in [-0.2, -0.15) is 0 Å². The molecule has 1 N–H and O–H groups in total. The molecule has 1 atom stereocenters. The molecule has 2 aromatic rings. The molecule has 0 aliphatic carbocycles. The quantitative estimate of drug-likeness (QED) is 0.710. The second-order valence-corrected chi connectivity index (χ2v) is 6.21. The molecule has 2 aromatic carbocycles. The summed E-state index contributed by atoms with van der Waals surface area (Å²) in [5, 5.41) is 12.1. The average molecular weight is 317 g/mol. The lowest BCUT2D eigenvalue weighted by Gasteiger charge is -2.25. The van der Waals surface area contributed by atoms with Crippen molar-refractivity contribution in [2.75, 3.05) is 19.6 Å². The number of aliphatic hydroxyl groups is 1. The van der Waals surface area contributed by atoms with Crippen molar-refractivity contribution in [1.82, 2.24) is 4.90 Å². The molecule has 2 rings (SSSR count). The van der Waals surface area contributed by atoms with E-state index in [0.717, 1.165) is 49.7 Å². The third-order valence-electron chi connectivity index (χ3n) is 4.35. The summed E-state index contributed by atoms with van der Waals surface area (Å²) >= 11 is 0. The minimum absolute atomic E-state index is 0.231. The zero-order valence-electron chi connectivity index (χ0n) is 14.3. The number of aliphatic hydroxyl groups excluding tert-OH is 1. The van der Waals surface area contributed by atoms with Crippen LogP contribution in [0.4, 0.5) is 4.39 Å². The van der Waals surface area contributed by atoms with Crippen LogP contribution < -0.4 is 0 Å². The fourth-order valence-electron chi connectivity index (χ4n) is 2.98. The zero-order chi connectivity index (χ0) is 16.7. The monoisotopic (exact) mass is 317 g/mol. The highest BCUT2D eigenvalue weighted by atomic mass is 19.1. The molecule has 1 unspecified atom stereocenters. The molecule has 0 aliphatic heterocycles.